The molecule has 0 bridgehead atoms. The first-order valence-electron chi connectivity index (χ1n) is 5.02. The largest absolute Gasteiger partial charge is 0.325 e. The second-order valence-corrected chi connectivity index (χ2v) is 3.99. The summed E-state index contributed by atoms with van der Waals surface area (Å²) in [6.45, 7) is 2.56. The number of rotatable bonds is 3. The molecule has 0 saturated carbocycles. The van der Waals surface area contributed by atoms with Crippen LogP contribution in [0.1, 0.15) is 6.42 Å². The average Bonchev–Trinajstić information content (AvgIpc) is 2.31. The minimum atomic E-state index is -2.73. The second kappa shape index (κ2) is 5.00. The third-order valence-electron chi connectivity index (χ3n) is 2.57. The Kier molecular flexibility index (Phi) is 4.22. The summed E-state index contributed by atoms with van der Waals surface area (Å²) in [5, 5.41) is 0. The van der Waals surface area contributed by atoms with Gasteiger partial charge in [0.2, 0.25) is 0 Å². The molecule has 0 aromatic rings. The van der Waals surface area contributed by atoms with Crippen molar-refractivity contribution < 1.29 is 8.78 Å². The molecule has 1 heterocycles. The van der Waals surface area contributed by atoms with Gasteiger partial charge in [-0.2, -0.15) is 0 Å². The molecule has 84 valence electrons. The van der Waals surface area contributed by atoms with E-state index in [2.05, 4.69) is 4.90 Å². The van der Waals surface area contributed by atoms with Crippen molar-refractivity contribution in [2.75, 3.05) is 46.3 Å². The van der Waals surface area contributed by atoms with E-state index in [1.54, 1.807) is 4.90 Å². The molecule has 0 aromatic heterocycles. The van der Waals surface area contributed by atoms with Crippen molar-refractivity contribution in [3.63, 3.8) is 0 Å². The third-order valence-corrected chi connectivity index (χ3v) is 2.57. The molecule has 1 aliphatic heterocycles. The molecule has 1 fully saturated rings. The lowest BCUT2D eigenvalue weighted by Crippen LogP contribution is -2.43. The maximum atomic E-state index is 13.0. The summed E-state index contributed by atoms with van der Waals surface area (Å²) in [6.07, 6.45) is 0.956. The van der Waals surface area contributed by atoms with Gasteiger partial charge in [-0.05, 0) is 26.6 Å². The van der Waals surface area contributed by atoms with E-state index in [1.165, 1.54) is 0 Å². The fourth-order valence-electron chi connectivity index (χ4n) is 1.65. The smallest absolute Gasteiger partial charge is 0.272 e. The lowest BCUT2D eigenvalue weighted by atomic mass is 10.3. The fraction of sp³-hybridized carbons (Fsp3) is 1.00. The standard InChI is InChI=1S/C9H19F2N3/c1-13-3-2-4-14(6-5-13)8-9(10,11)7-12/h2-8,12H2,1H3. The highest BCUT2D eigenvalue weighted by Gasteiger charge is 2.30. The number of halogens is 2. The number of nitrogens with two attached hydrogens (primary N) is 1. The van der Waals surface area contributed by atoms with Gasteiger partial charge in [0.05, 0.1) is 13.1 Å². The van der Waals surface area contributed by atoms with Crippen LogP contribution in [-0.4, -0.2) is 62.0 Å². The van der Waals surface area contributed by atoms with Crippen molar-refractivity contribution in [2.24, 2.45) is 5.73 Å². The van der Waals surface area contributed by atoms with Crippen LogP contribution in [0.25, 0.3) is 0 Å². The van der Waals surface area contributed by atoms with Crippen LogP contribution in [0.4, 0.5) is 8.78 Å². The highest BCUT2D eigenvalue weighted by molar-refractivity contribution is 4.75. The topological polar surface area (TPSA) is 32.5 Å². The minimum Gasteiger partial charge on any atom is -0.325 e. The molecular formula is C9H19F2N3. The summed E-state index contributed by atoms with van der Waals surface area (Å²) in [6, 6.07) is 0. The van der Waals surface area contributed by atoms with Gasteiger partial charge < -0.3 is 10.6 Å². The van der Waals surface area contributed by atoms with Gasteiger partial charge in [0.1, 0.15) is 0 Å². The summed E-state index contributed by atoms with van der Waals surface area (Å²) in [5.41, 5.74) is 5.00. The summed E-state index contributed by atoms with van der Waals surface area (Å²) >= 11 is 0. The normalized spacial score (nSPS) is 22.3. The predicted molar refractivity (Wildman–Crippen MR) is 52.6 cm³/mol. The Morgan fingerprint density at radius 3 is 2.57 bits per heavy atom. The van der Waals surface area contributed by atoms with Crippen molar-refractivity contribution in [1.82, 2.24) is 9.80 Å². The van der Waals surface area contributed by atoms with Gasteiger partial charge in [0.25, 0.3) is 5.92 Å². The van der Waals surface area contributed by atoms with Gasteiger partial charge in [-0.1, -0.05) is 0 Å². The van der Waals surface area contributed by atoms with E-state index in [-0.39, 0.29) is 6.54 Å². The monoisotopic (exact) mass is 207 g/mol. The Balaban J connectivity index is 2.37. The Morgan fingerprint density at radius 2 is 1.93 bits per heavy atom. The zero-order valence-corrected chi connectivity index (χ0v) is 8.68. The molecule has 0 spiro atoms. The third kappa shape index (κ3) is 3.86. The van der Waals surface area contributed by atoms with Crippen molar-refractivity contribution in [1.29, 1.82) is 0 Å². The van der Waals surface area contributed by atoms with E-state index in [4.69, 9.17) is 5.73 Å². The lowest BCUT2D eigenvalue weighted by Gasteiger charge is -2.24. The Bertz CT molecular complexity index is 175. The molecule has 0 atom stereocenters. The van der Waals surface area contributed by atoms with Gasteiger partial charge >= 0.3 is 0 Å². The van der Waals surface area contributed by atoms with Gasteiger partial charge in [-0.15, -0.1) is 0 Å². The van der Waals surface area contributed by atoms with E-state index in [0.29, 0.717) is 6.54 Å². The molecule has 1 saturated heterocycles. The number of hydrogen-bond acceptors (Lipinski definition) is 3. The summed E-state index contributed by atoms with van der Waals surface area (Å²) in [4.78, 5) is 3.97. The molecule has 0 amide bonds. The van der Waals surface area contributed by atoms with E-state index < -0.39 is 12.5 Å². The first kappa shape index (κ1) is 11.8. The van der Waals surface area contributed by atoms with Crippen LogP contribution in [0.3, 0.4) is 0 Å². The average molecular weight is 207 g/mol. The van der Waals surface area contributed by atoms with Crippen LogP contribution >= 0.6 is 0 Å². The molecule has 0 unspecified atom stereocenters. The van der Waals surface area contributed by atoms with Crippen molar-refractivity contribution in [3.05, 3.63) is 0 Å². The van der Waals surface area contributed by atoms with Crippen LogP contribution in [0.2, 0.25) is 0 Å². The van der Waals surface area contributed by atoms with Crippen LogP contribution < -0.4 is 5.73 Å². The van der Waals surface area contributed by atoms with Gasteiger partial charge in [-0.3, -0.25) is 4.90 Å². The lowest BCUT2D eigenvalue weighted by molar-refractivity contribution is -0.0224. The maximum Gasteiger partial charge on any atom is 0.272 e. The number of likely N-dealkylation sites (N-methyl/N-ethyl adjacent to an activating group) is 1. The van der Waals surface area contributed by atoms with Gasteiger partial charge in [-0.25, -0.2) is 8.78 Å². The fourth-order valence-corrected chi connectivity index (χ4v) is 1.65. The molecule has 1 aliphatic rings. The molecule has 2 N–H and O–H groups in total. The summed E-state index contributed by atoms with van der Waals surface area (Å²) in [5.74, 6) is -2.73. The van der Waals surface area contributed by atoms with Crippen LogP contribution in [0.5, 0.6) is 0 Å². The maximum absolute atomic E-state index is 13.0. The van der Waals surface area contributed by atoms with Crippen LogP contribution in [0.15, 0.2) is 0 Å². The van der Waals surface area contributed by atoms with Crippen molar-refractivity contribution in [3.8, 4) is 0 Å². The molecule has 0 aromatic carbocycles. The zero-order chi connectivity index (χ0) is 10.6. The van der Waals surface area contributed by atoms with E-state index >= 15 is 0 Å². The molecular weight excluding hydrogens is 188 g/mol. The van der Waals surface area contributed by atoms with Crippen molar-refractivity contribution >= 4 is 0 Å². The quantitative estimate of drug-likeness (QED) is 0.718. The predicted octanol–water partition coefficient (Wildman–Crippen LogP) is 0.218. The van der Waals surface area contributed by atoms with Gasteiger partial charge in [0, 0.05) is 13.1 Å². The molecule has 0 aliphatic carbocycles. The van der Waals surface area contributed by atoms with Crippen LogP contribution in [-0.2, 0) is 0 Å². The zero-order valence-electron chi connectivity index (χ0n) is 8.68. The second-order valence-electron chi connectivity index (χ2n) is 3.99. The molecule has 0 radical (unpaired) electrons. The Labute approximate surface area is 83.8 Å². The highest BCUT2D eigenvalue weighted by atomic mass is 19.3. The highest BCUT2D eigenvalue weighted by Crippen LogP contribution is 2.14. The summed E-state index contributed by atoms with van der Waals surface area (Å²) in [7, 11) is 2.02. The number of alkyl halides is 2. The summed E-state index contributed by atoms with van der Waals surface area (Å²) < 4.78 is 26.0. The molecule has 5 heteroatoms. The van der Waals surface area contributed by atoms with E-state index in [1.807, 2.05) is 7.05 Å². The minimum absolute atomic E-state index is 0.197. The van der Waals surface area contributed by atoms with Crippen LogP contribution in [0, 0.1) is 0 Å². The first-order valence-corrected chi connectivity index (χ1v) is 5.02. The van der Waals surface area contributed by atoms with E-state index in [9.17, 15) is 8.78 Å². The molecule has 3 nitrogen and oxygen atoms in total. The number of hydrogen-bond donors (Lipinski definition) is 1. The van der Waals surface area contributed by atoms with E-state index in [0.717, 1.165) is 26.1 Å². The Hall–Kier alpha value is -0.260. The SMILES string of the molecule is CN1CCCN(CC(F)(F)CN)CC1. The molecule has 14 heavy (non-hydrogen) atoms. The molecule has 1 rings (SSSR count). The van der Waals surface area contributed by atoms with Crippen molar-refractivity contribution in [2.45, 2.75) is 12.3 Å². The van der Waals surface area contributed by atoms with Gasteiger partial charge in [0.15, 0.2) is 0 Å². The Morgan fingerprint density at radius 1 is 1.21 bits per heavy atom. The first-order chi connectivity index (χ1) is 6.53. The number of nitrogens with zero attached hydrogens (tertiary/aromatic N) is 2.